The molecule has 0 aromatic heterocycles. The van der Waals surface area contributed by atoms with Gasteiger partial charge in [0.2, 0.25) is 5.91 Å². The van der Waals surface area contributed by atoms with Gasteiger partial charge >= 0.3 is 5.97 Å². The Labute approximate surface area is 115 Å². The lowest BCUT2D eigenvalue weighted by Gasteiger charge is -2.08. The van der Waals surface area contributed by atoms with E-state index in [0.717, 1.165) is 0 Å². The van der Waals surface area contributed by atoms with Crippen molar-refractivity contribution in [2.45, 2.75) is 0 Å². The highest BCUT2D eigenvalue weighted by Crippen LogP contribution is 2.20. The van der Waals surface area contributed by atoms with E-state index in [4.69, 9.17) is 21.4 Å². The van der Waals surface area contributed by atoms with Crippen LogP contribution in [-0.4, -0.2) is 43.8 Å². The lowest BCUT2D eigenvalue weighted by molar-refractivity contribution is -0.115. The standard InChI is InChI=1S/C12H15ClN2O4/c1-19-5-4-14-7-11(16)15-8-2-3-10(13)9(6-8)12(17)18/h2-3,6,14H,4-5,7H2,1H3,(H,15,16)(H,17,18). The van der Waals surface area contributed by atoms with Crippen molar-refractivity contribution in [1.29, 1.82) is 0 Å². The van der Waals surface area contributed by atoms with Crippen molar-refractivity contribution < 1.29 is 19.4 Å². The lowest BCUT2D eigenvalue weighted by atomic mass is 10.2. The molecule has 0 radical (unpaired) electrons. The van der Waals surface area contributed by atoms with Crippen molar-refractivity contribution in [2.75, 3.05) is 32.1 Å². The molecule has 1 aromatic carbocycles. The van der Waals surface area contributed by atoms with Crippen LogP contribution in [0, 0.1) is 0 Å². The summed E-state index contributed by atoms with van der Waals surface area (Å²) >= 11 is 5.73. The van der Waals surface area contributed by atoms with Crippen molar-refractivity contribution in [1.82, 2.24) is 5.32 Å². The van der Waals surface area contributed by atoms with Crippen LogP contribution in [0.15, 0.2) is 18.2 Å². The van der Waals surface area contributed by atoms with Gasteiger partial charge in [0.1, 0.15) is 0 Å². The van der Waals surface area contributed by atoms with Crippen molar-refractivity contribution in [2.24, 2.45) is 0 Å². The summed E-state index contributed by atoms with van der Waals surface area (Å²) in [6.45, 7) is 1.19. The summed E-state index contributed by atoms with van der Waals surface area (Å²) in [7, 11) is 1.57. The summed E-state index contributed by atoms with van der Waals surface area (Å²) in [4.78, 5) is 22.4. The largest absolute Gasteiger partial charge is 0.478 e. The van der Waals surface area contributed by atoms with Crippen LogP contribution in [0.5, 0.6) is 0 Å². The molecular formula is C12H15ClN2O4. The minimum Gasteiger partial charge on any atom is -0.478 e. The Kier molecular flexibility index (Phi) is 6.27. The first kappa shape index (κ1) is 15.4. The molecule has 1 amide bonds. The summed E-state index contributed by atoms with van der Waals surface area (Å²) in [5.41, 5.74) is 0.340. The number of carboxylic acid groups (broad SMARTS) is 1. The van der Waals surface area contributed by atoms with Crippen LogP contribution in [0.4, 0.5) is 5.69 Å². The molecule has 0 heterocycles. The highest BCUT2D eigenvalue weighted by atomic mass is 35.5. The zero-order chi connectivity index (χ0) is 14.3. The second-order valence-corrected chi connectivity index (χ2v) is 4.12. The van der Waals surface area contributed by atoms with Crippen molar-refractivity contribution in [3.63, 3.8) is 0 Å². The number of amides is 1. The fourth-order valence-corrected chi connectivity index (χ4v) is 1.55. The second-order valence-electron chi connectivity index (χ2n) is 3.72. The molecule has 6 nitrogen and oxygen atoms in total. The first-order chi connectivity index (χ1) is 9.04. The number of aromatic carboxylic acids is 1. The predicted octanol–water partition coefficient (Wildman–Crippen LogP) is 1.21. The van der Waals surface area contributed by atoms with Gasteiger partial charge in [-0.3, -0.25) is 4.79 Å². The van der Waals surface area contributed by atoms with Gasteiger partial charge in [-0.05, 0) is 18.2 Å². The number of methoxy groups -OCH3 is 1. The molecule has 0 atom stereocenters. The van der Waals surface area contributed by atoms with Gasteiger partial charge < -0.3 is 20.5 Å². The first-order valence-electron chi connectivity index (χ1n) is 5.57. The first-order valence-corrected chi connectivity index (χ1v) is 5.94. The minimum absolute atomic E-state index is 0.0493. The number of hydrogen-bond donors (Lipinski definition) is 3. The quantitative estimate of drug-likeness (QED) is 0.656. The third kappa shape index (κ3) is 5.25. The molecular weight excluding hydrogens is 272 g/mol. The van der Waals surface area contributed by atoms with E-state index in [2.05, 4.69) is 10.6 Å². The van der Waals surface area contributed by atoms with Gasteiger partial charge in [-0.15, -0.1) is 0 Å². The Bertz CT molecular complexity index is 465. The van der Waals surface area contributed by atoms with Gasteiger partial charge in [0.05, 0.1) is 23.7 Å². The van der Waals surface area contributed by atoms with Crippen molar-refractivity contribution >= 4 is 29.2 Å². The molecule has 0 bridgehead atoms. The fraction of sp³-hybridized carbons (Fsp3) is 0.333. The number of nitrogens with one attached hydrogen (secondary N) is 2. The Morgan fingerprint density at radius 3 is 2.79 bits per heavy atom. The molecule has 0 aliphatic carbocycles. The Balaban J connectivity index is 2.55. The van der Waals surface area contributed by atoms with E-state index in [1.165, 1.54) is 12.1 Å². The van der Waals surface area contributed by atoms with Gasteiger partial charge in [-0.2, -0.15) is 0 Å². The number of ether oxygens (including phenoxy) is 1. The molecule has 0 saturated heterocycles. The van der Waals surface area contributed by atoms with Crippen LogP contribution in [-0.2, 0) is 9.53 Å². The number of carbonyl (C=O) groups excluding carboxylic acids is 1. The zero-order valence-corrected chi connectivity index (χ0v) is 11.2. The molecule has 0 unspecified atom stereocenters. The van der Waals surface area contributed by atoms with Crippen LogP contribution in [0.25, 0.3) is 0 Å². The normalized spacial score (nSPS) is 10.2. The average molecular weight is 287 g/mol. The van der Waals surface area contributed by atoms with Crippen molar-refractivity contribution in [3.8, 4) is 0 Å². The number of anilines is 1. The molecule has 1 rings (SSSR count). The number of benzene rings is 1. The van der Waals surface area contributed by atoms with Crippen LogP contribution in [0.3, 0.4) is 0 Å². The maximum Gasteiger partial charge on any atom is 0.337 e. The van der Waals surface area contributed by atoms with E-state index in [9.17, 15) is 9.59 Å². The summed E-state index contributed by atoms with van der Waals surface area (Å²) < 4.78 is 4.82. The third-order valence-corrected chi connectivity index (χ3v) is 2.58. The molecule has 0 aliphatic rings. The minimum atomic E-state index is -1.14. The smallest absolute Gasteiger partial charge is 0.337 e. The number of rotatable bonds is 7. The van der Waals surface area contributed by atoms with Crippen LogP contribution in [0.1, 0.15) is 10.4 Å². The number of halogens is 1. The van der Waals surface area contributed by atoms with Crippen molar-refractivity contribution in [3.05, 3.63) is 28.8 Å². The molecule has 1 aromatic rings. The number of carbonyl (C=O) groups is 2. The predicted molar refractivity (Wildman–Crippen MR) is 71.8 cm³/mol. The topological polar surface area (TPSA) is 87.7 Å². The van der Waals surface area contributed by atoms with E-state index in [-0.39, 0.29) is 23.0 Å². The average Bonchev–Trinajstić information content (AvgIpc) is 2.36. The third-order valence-electron chi connectivity index (χ3n) is 2.25. The van der Waals surface area contributed by atoms with Gasteiger partial charge in [0.25, 0.3) is 0 Å². The van der Waals surface area contributed by atoms with E-state index in [1.54, 1.807) is 13.2 Å². The Morgan fingerprint density at radius 1 is 1.42 bits per heavy atom. The van der Waals surface area contributed by atoms with E-state index < -0.39 is 5.97 Å². The van der Waals surface area contributed by atoms with E-state index in [0.29, 0.717) is 18.8 Å². The summed E-state index contributed by atoms with van der Waals surface area (Å²) in [5.74, 6) is -1.41. The molecule has 7 heteroatoms. The fourth-order valence-electron chi connectivity index (χ4n) is 1.35. The monoisotopic (exact) mass is 286 g/mol. The molecule has 0 fully saturated rings. The Hall–Kier alpha value is -1.63. The maximum atomic E-state index is 11.5. The molecule has 0 saturated carbocycles. The van der Waals surface area contributed by atoms with E-state index in [1.807, 2.05) is 0 Å². The molecule has 0 aliphatic heterocycles. The highest BCUT2D eigenvalue weighted by Gasteiger charge is 2.10. The number of carboxylic acids is 1. The molecule has 19 heavy (non-hydrogen) atoms. The molecule has 0 spiro atoms. The molecule has 104 valence electrons. The van der Waals surface area contributed by atoms with Crippen LogP contribution >= 0.6 is 11.6 Å². The second kappa shape index (κ2) is 7.73. The molecule has 3 N–H and O–H groups in total. The number of hydrogen-bond acceptors (Lipinski definition) is 4. The van der Waals surface area contributed by atoms with Gasteiger partial charge in [0, 0.05) is 19.3 Å². The van der Waals surface area contributed by atoms with Crippen LogP contribution in [0.2, 0.25) is 5.02 Å². The van der Waals surface area contributed by atoms with E-state index >= 15 is 0 Å². The Morgan fingerprint density at radius 2 is 2.16 bits per heavy atom. The van der Waals surface area contributed by atoms with Gasteiger partial charge in [-0.1, -0.05) is 11.6 Å². The van der Waals surface area contributed by atoms with Gasteiger partial charge in [-0.25, -0.2) is 4.79 Å². The SMILES string of the molecule is COCCNCC(=O)Nc1ccc(Cl)c(C(=O)O)c1. The lowest BCUT2D eigenvalue weighted by Crippen LogP contribution is -2.30. The summed E-state index contributed by atoms with van der Waals surface area (Å²) in [6, 6.07) is 4.29. The summed E-state index contributed by atoms with van der Waals surface area (Å²) in [6.07, 6.45) is 0. The highest BCUT2D eigenvalue weighted by molar-refractivity contribution is 6.33. The van der Waals surface area contributed by atoms with Gasteiger partial charge in [0.15, 0.2) is 0 Å². The zero-order valence-electron chi connectivity index (χ0n) is 10.4. The van der Waals surface area contributed by atoms with Crippen LogP contribution < -0.4 is 10.6 Å². The summed E-state index contributed by atoms with van der Waals surface area (Å²) in [5, 5.41) is 14.5. The maximum absolute atomic E-state index is 11.5.